The molecule has 0 aromatic heterocycles. The third kappa shape index (κ3) is 4.36. The lowest BCUT2D eigenvalue weighted by Crippen LogP contribution is -2.39. The van der Waals surface area contributed by atoms with Gasteiger partial charge < -0.3 is 14.9 Å². The number of benzene rings is 1. The molecule has 1 aromatic rings. The average Bonchev–Trinajstić information content (AvgIpc) is 2.48. The van der Waals surface area contributed by atoms with E-state index in [1.54, 1.807) is 13.2 Å². The van der Waals surface area contributed by atoms with Crippen molar-refractivity contribution in [1.29, 1.82) is 0 Å². The molecule has 1 atom stereocenters. The van der Waals surface area contributed by atoms with E-state index in [-0.39, 0.29) is 18.2 Å². The molecule has 5 nitrogen and oxygen atoms in total. The van der Waals surface area contributed by atoms with Crippen molar-refractivity contribution < 1.29 is 19.7 Å². The maximum atomic E-state index is 10.8. The number of hydrogen-bond donors (Lipinski definition) is 2. The van der Waals surface area contributed by atoms with Gasteiger partial charge in [0.1, 0.15) is 11.5 Å². The summed E-state index contributed by atoms with van der Waals surface area (Å²) in [6.45, 7) is 1.61. The fourth-order valence-corrected chi connectivity index (χ4v) is 2.91. The Balaban J connectivity index is 2.02. The van der Waals surface area contributed by atoms with Crippen molar-refractivity contribution in [3.05, 3.63) is 23.8 Å². The molecule has 1 fully saturated rings. The van der Waals surface area contributed by atoms with Crippen LogP contribution in [0.3, 0.4) is 0 Å². The highest BCUT2D eigenvalue weighted by atomic mass is 16.5. The van der Waals surface area contributed by atoms with Crippen LogP contribution in [-0.4, -0.2) is 40.8 Å². The molecular weight excluding hydrogens is 270 g/mol. The van der Waals surface area contributed by atoms with Crippen molar-refractivity contribution in [3.8, 4) is 11.5 Å². The summed E-state index contributed by atoms with van der Waals surface area (Å²) >= 11 is 0. The van der Waals surface area contributed by atoms with Crippen LogP contribution in [-0.2, 0) is 11.3 Å². The van der Waals surface area contributed by atoms with E-state index >= 15 is 0 Å². The van der Waals surface area contributed by atoms with Crippen LogP contribution in [0.15, 0.2) is 18.2 Å². The molecule has 1 heterocycles. The minimum atomic E-state index is -0.743. The zero-order valence-corrected chi connectivity index (χ0v) is 12.4. The quantitative estimate of drug-likeness (QED) is 0.843. The van der Waals surface area contributed by atoms with Gasteiger partial charge in [0.05, 0.1) is 7.11 Å². The molecule has 0 amide bonds. The lowest BCUT2D eigenvalue weighted by molar-refractivity contribution is -0.137. The minimum absolute atomic E-state index is 0.204. The molecule has 1 saturated heterocycles. The van der Waals surface area contributed by atoms with Crippen LogP contribution in [0, 0.1) is 0 Å². The van der Waals surface area contributed by atoms with E-state index in [0.717, 1.165) is 31.4 Å². The first kappa shape index (κ1) is 15.6. The van der Waals surface area contributed by atoms with Crippen LogP contribution < -0.4 is 4.74 Å². The van der Waals surface area contributed by atoms with Crippen molar-refractivity contribution in [2.24, 2.45) is 0 Å². The number of phenols is 1. The van der Waals surface area contributed by atoms with Crippen molar-refractivity contribution >= 4 is 5.97 Å². The van der Waals surface area contributed by atoms with Gasteiger partial charge in [0.25, 0.3) is 0 Å². The number of carboxylic acid groups (broad SMARTS) is 1. The summed E-state index contributed by atoms with van der Waals surface area (Å²) in [6.07, 6.45) is 4.18. The van der Waals surface area contributed by atoms with Gasteiger partial charge in [-0.1, -0.05) is 12.5 Å². The SMILES string of the molecule is COc1ccc(CN2CCCCC2CCC(=O)O)c(O)c1. The van der Waals surface area contributed by atoms with Gasteiger partial charge in [0, 0.05) is 30.6 Å². The third-order valence-electron chi connectivity index (χ3n) is 4.11. The largest absolute Gasteiger partial charge is 0.507 e. The molecule has 2 N–H and O–H groups in total. The first-order valence-electron chi connectivity index (χ1n) is 7.42. The molecule has 0 saturated carbocycles. The van der Waals surface area contributed by atoms with Crippen molar-refractivity contribution in [3.63, 3.8) is 0 Å². The summed E-state index contributed by atoms with van der Waals surface area (Å²) in [6, 6.07) is 5.62. The number of carboxylic acids is 1. The van der Waals surface area contributed by atoms with E-state index in [0.29, 0.717) is 18.7 Å². The Morgan fingerprint density at radius 1 is 1.43 bits per heavy atom. The van der Waals surface area contributed by atoms with Gasteiger partial charge in [0.15, 0.2) is 0 Å². The summed E-state index contributed by atoms with van der Waals surface area (Å²) in [5.74, 6) is 0.127. The number of ether oxygens (including phenoxy) is 1. The van der Waals surface area contributed by atoms with Crippen LogP contribution in [0.1, 0.15) is 37.7 Å². The average molecular weight is 293 g/mol. The molecule has 0 bridgehead atoms. The van der Waals surface area contributed by atoms with E-state index in [4.69, 9.17) is 9.84 Å². The second-order valence-electron chi connectivity index (χ2n) is 5.55. The van der Waals surface area contributed by atoms with Gasteiger partial charge >= 0.3 is 5.97 Å². The second-order valence-corrected chi connectivity index (χ2v) is 5.55. The van der Waals surface area contributed by atoms with Crippen LogP contribution in [0.4, 0.5) is 0 Å². The maximum Gasteiger partial charge on any atom is 0.303 e. The van der Waals surface area contributed by atoms with Gasteiger partial charge in [0.2, 0.25) is 0 Å². The number of carbonyl (C=O) groups is 1. The minimum Gasteiger partial charge on any atom is -0.507 e. The van der Waals surface area contributed by atoms with Crippen molar-refractivity contribution in [1.82, 2.24) is 4.90 Å². The van der Waals surface area contributed by atoms with Gasteiger partial charge in [-0.15, -0.1) is 0 Å². The molecule has 1 aromatic carbocycles. The van der Waals surface area contributed by atoms with E-state index in [9.17, 15) is 9.90 Å². The normalized spacial score (nSPS) is 19.4. The highest BCUT2D eigenvalue weighted by Gasteiger charge is 2.23. The number of phenolic OH excluding ortho intramolecular Hbond substituents is 1. The first-order valence-corrected chi connectivity index (χ1v) is 7.42. The van der Waals surface area contributed by atoms with Gasteiger partial charge in [-0.3, -0.25) is 9.69 Å². The number of nitrogens with zero attached hydrogens (tertiary/aromatic N) is 1. The van der Waals surface area contributed by atoms with Crippen molar-refractivity contribution in [2.75, 3.05) is 13.7 Å². The van der Waals surface area contributed by atoms with E-state index in [2.05, 4.69) is 4.90 Å². The number of piperidine rings is 1. The Hall–Kier alpha value is -1.75. The predicted molar refractivity (Wildman–Crippen MR) is 79.6 cm³/mol. The number of aromatic hydroxyl groups is 1. The summed E-state index contributed by atoms with van der Waals surface area (Å²) in [5.41, 5.74) is 0.859. The Morgan fingerprint density at radius 2 is 2.24 bits per heavy atom. The van der Waals surface area contributed by atoms with Crippen LogP contribution in [0.2, 0.25) is 0 Å². The highest BCUT2D eigenvalue weighted by molar-refractivity contribution is 5.66. The lowest BCUT2D eigenvalue weighted by Gasteiger charge is -2.35. The third-order valence-corrected chi connectivity index (χ3v) is 4.11. The number of likely N-dealkylation sites (tertiary alicyclic amines) is 1. The molecule has 1 aliphatic rings. The molecule has 0 aliphatic carbocycles. The molecule has 116 valence electrons. The molecule has 5 heteroatoms. The number of aliphatic carboxylic acids is 1. The zero-order valence-electron chi connectivity index (χ0n) is 12.4. The summed E-state index contributed by atoms with van der Waals surface area (Å²) < 4.78 is 5.09. The first-order chi connectivity index (χ1) is 10.1. The number of hydrogen-bond acceptors (Lipinski definition) is 4. The van der Waals surface area contributed by atoms with Crippen LogP contribution in [0.25, 0.3) is 0 Å². The Morgan fingerprint density at radius 3 is 2.90 bits per heavy atom. The Kier molecular flexibility index (Phi) is 5.44. The smallest absolute Gasteiger partial charge is 0.303 e. The summed E-state index contributed by atoms with van der Waals surface area (Å²) in [7, 11) is 1.57. The molecule has 0 spiro atoms. The predicted octanol–water partition coefficient (Wildman–Crippen LogP) is 2.62. The van der Waals surface area contributed by atoms with E-state index in [1.807, 2.05) is 12.1 Å². The van der Waals surface area contributed by atoms with Gasteiger partial charge in [-0.05, 0) is 31.9 Å². The summed E-state index contributed by atoms with van der Waals surface area (Å²) in [5, 5.41) is 18.9. The molecule has 2 rings (SSSR count). The lowest BCUT2D eigenvalue weighted by atomic mass is 9.97. The Labute approximate surface area is 125 Å². The summed E-state index contributed by atoms with van der Waals surface area (Å²) in [4.78, 5) is 13.0. The monoisotopic (exact) mass is 293 g/mol. The molecular formula is C16H23NO4. The topological polar surface area (TPSA) is 70.0 Å². The standard InChI is InChI=1S/C16H23NO4/c1-21-14-7-5-12(15(18)10-14)11-17-9-3-2-4-13(17)6-8-16(19)20/h5,7,10,13,18H,2-4,6,8-9,11H2,1H3,(H,19,20). The molecule has 1 aliphatic heterocycles. The second kappa shape index (κ2) is 7.31. The van der Waals surface area contributed by atoms with Gasteiger partial charge in [-0.2, -0.15) is 0 Å². The fourth-order valence-electron chi connectivity index (χ4n) is 2.91. The van der Waals surface area contributed by atoms with E-state index < -0.39 is 5.97 Å². The van der Waals surface area contributed by atoms with Crippen LogP contribution >= 0.6 is 0 Å². The Bertz CT molecular complexity index is 489. The molecule has 0 radical (unpaired) electrons. The molecule has 21 heavy (non-hydrogen) atoms. The van der Waals surface area contributed by atoms with Gasteiger partial charge in [-0.25, -0.2) is 0 Å². The number of methoxy groups -OCH3 is 1. The number of rotatable bonds is 6. The highest BCUT2D eigenvalue weighted by Crippen LogP contribution is 2.28. The fraction of sp³-hybridized carbons (Fsp3) is 0.562. The van der Waals surface area contributed by atoms with Crippen LogP contribution in [0.5, 0.6) is 11.5 Å². The van der Waals surface area contributed by atoms with Crippen molar-refractivity contribution in [2.45, 2.75) is 44.7 Å². The van der Waals surface area contributed by atoms with E-state index in [1.165, 1.54) is 0 Å². The zero-order chi connectivity index (χ0) is 15.2. The molecule has 1 unspecified atom stereocenters. The maximum absolute atomic E-state index is 10.8.